The van der Waals surface area contributed by atoms with Gasteiger partial charge >= 0.3 is 0 Å². The van der Waals surface area contributed by atoms with Gasteiger partial charge in [0.05, 0.1) is 19.3 Å². The first kappa shape index (κ1) is 15.5. The molecule has 7 heteroatoms. The van der Waals surface area contributed by atoms with Crippen molar-refractivity contribution < 1.29 is 18.9 Å². The van der Waals surface area contributed by atoms with Gasteiger partial charge in [-0.2, -0.15) is 9.97 Å². The molecule has 0 radical (unpaired) electrons. The van der Waals surface area contributed by atoms with E-state index in [2.05, 4.69) is 9.97 Å². The number of aromatic nitrogens is 2. The summed E-state index contributed by atoms with van der Waals surface area (Å²) >= 11 is 0. The van der Waals surface area contributed by atoms with E-state index in [0.717, 1.165) is 0 Å². The predicted octanol–water partition coefficient (Wildman–Crippen LogP) is 0.889. The maximum Gasteiger partial charge on any atom is 0.226 e. The predicted molar refractivity (Wildman–Crippen MR) is 70.4 cm³/mol. The molecule has 1 aromatic rings. The van der Waals surface area contributed by atoms with Crippen LogP contribution in [-0.2, 0) is 9.47 Å². The maximum atomic E-state index is 5.58. The standard InChI is InChI=1S/C12H21N3O4/c1-3-16-5-7-18-10-9-11(15-12(13)14-10)19-8-6-17-4-2/h9H,3-8H2,1-2H3,(H2,13,14,15). The molecule has 7 nitrogen and oxygen atoms in total. The molecule has 0 spiro atoms. The zero-order valence-corrected chi connectivity index (χ0v) is 11.4. The minimum atomic E-state index is 0.111. The van der Waals surface area contributed by atoms with E-state index in [4.69, 9.17) is 24.7 Å². The molecular weight excluding hydrogens is 250 g/mol. The Hall–Kier alpha value is -1.60. The molecule has 1 heterocycles. The fourth-order valence-corrected chi connectivity index (χ4v) is 1.27. The van der Waals surface area contributed by atoms with E-state index in [1.165, 1.54) is 0 Å². The van der Waals surface area contributed by atoms with Gasteiger partial charge in [0.25, 0.3) is 0 Å². The topological polar surface area (TPSA) is 88.7 Å². The van der Waals surface area contributed by atoms with Gasteiger partial charge in [-0.3, -0.25) is 0 Å². The van der Waals surface area contributed by atoms with Gasteiger partial charge in [0.2, 0.25) is 17.7 Å². The molecule has 0 atom stereocenters. The first-order valence-corrected chi connectivity index (χ1v) is 6.31. The highest BCUT2D eigenvalue weighted by Crippen LogP contribution is 2.16. The molecule has 0 aliphatic heterocycles. The van der Waals surface area contributed by atoms with Crippen molar-refractivity contribution in [2.24, 2.45) is 0 Å². The van der Waals surface area contributed by atoms with Gasteiger partial charge < -0.3 is 24.7 Å². The molecule has 0 amide bonds. The first-order chi connectivity index (χ1) is 9.26. The average Bonchev–Trinajstić information content (AvgIpc) is 2.39. The summed E-state index contributed by atoms with van der Waals surface area (Å²) in [6.45, 7) is 6.97. The minimum absolute atomic E-state index is 0.111. The normalized spacial score (nSPS) is 10.4. The number of nitrogens with zero attached hydrogens (tertiary/aromatic N) is 2. The molecule has 0 bridgehead atoms. The Morgan fingerprint density at radius 3 is 1.79 bits per heavy atom. The minimum Gasteiger partial charge on any atom is -0.475 e. The summed E-state index contributed by atoms with van der Waals surface area (Å²) in [5.41, 5.74) is 5.58. The third-order valence-corrected chi connectivity index (χ3v) is 2.06. The highest BCUT2D eigenvalue weighted by atomic mass is 16.5. The van der Waals surface area contributed by atoms with E-state index >= 15 is 0 Å². The molecule has 0 saturated carbocycles. The number of hydrogen-bond donors (Lipinski definition) is 1. The summed E-state index contributed by atoms with van der Waals surface area (Å²) in [5, 5.41) is 0. The van der Waals surface area contributed by atoms with Gasteiger partial charge in [0, 0.05) is 13.2 Å². The van der Waals surface area contributed by atoms with Crippen LogP contribution in [0, 0.1) is 0 Å². The van der Waals surface area contributed by atoms with Gasteiger partial charge in [0.1, 0.15) is 13.2 Å². The summed E-state index contributed by atoms with van der Waals surface area (Å²) < 4.78 is 21.1. The van der Waals surface area contributed by atoms with Crippen LogP contribution in [0.5, 0.6) is 11.8 Å². The number of hydrogen-bond acceptors (Lipinski definition) is 7. The quantitative estimate of drug-likeness (QED) is 0.632. The third kappa shape index (κ3) is 6.78. The Morgan fingerprint density at radius 2 is 1.37 bits per heavy atom. The lowest BCUT2D eigenvalue weighted by Crippen LogP contribution is -2.10. The van der Waals surface area contributed by atoms with E-state index in [1.807, 2.05) is 13.8 Å². The Labute approximate surface area is 113 Å². The van der Waals surface area contributed by atoms with Crippen LogP contribution in [0.3, 0.4) is 0 Å². The van der Waals surface area contributed by atoms with Crippen molar-refractivity contribution in [1.82, 2.24) is 9.97 Å². The maximum absolute atomic E-state index is 5.58. The van der Waals surface area contributed by atoms with Crippen LogP contribution in [0.4, 0.5) is 5.95 Å². The molecule has 19 heavy (non-hydrogen) atoms. The number of nitrogen functional groups attached to an aromatic ring is 1. The highest BCUT2D eigenvalue weighted by molar-refractivity contribution is 5.29. The van der Waals surface area contributed by atoms with Crippen molar-refractivity contribution in [3.63, 3.8) is 0 Å². The molecule has 1 aromatic heterocycles. The van der Waals surface area contributed by atoms with Crippen molar-refractivity contribution in [2.45, 2.75) is 13.8 Å². The first-order valence-electron chi connectivity index (χ1n) is 6.31. The largest absolute Gasteiger partial charge is 0.475 e. The Morgan fingerprint density at radius 1 is 0.895 bits per heavy atom. The van der Waals surface area contributed by atoms with E-state index in [1.54, 1.807) is 6.07 Å². The van der Waals surface area contributed by atoms with Gasteiger partial charge in [-0.25, -0.2) is 0 Å². The number of nitrogens with two attached hydrogens (primary N) is 1. The van der Waals surface area contributed by atoms with E-state index in [-0.39, 0.29) is 5.95 Å². The molecule has 0 saturated heterocycles. The average molecular weight is 271 g/mol. The van der Waals surface area contributed by atoms with E-state index in [9.17, 15) is 0 Å². The number of anilines is 1. The van der Waals surface area contributed by atoms with Crippen LogP contribution in [-0.4, -0.2) is 49.6 Å². The van der Waals surface area contributed by atoms with Gasteiger partial charge in [-0.05, 0) is 13.8 Å². The third-order valence-electron chi connectivity index (χ3n) is 2.06. The summed E-state index contributed by atoms with van der Waals surface area (Å²) in [4.78, 5) is 7.91. The zero-order valence-electron chi connectivity index (χ0n) is 11.4. The van der Waals surface area contributed by atoms with Crippen molar-refractivity contribution >= 4 is 5.95 Å². The van der Waals surface area contributed by atoms with Crippen LogP contribution in [0.15, 0.2) is 6.07 Å². The lowest BCUT2D eigenvalue weighted by atomic mass is 10.6. The second kappa shape index (κ2) is 9.35. The zero-order chi connectivity index (χ0) is 13.9. The summed E-state index contributed by atoms with van der Waals surface area (Å²) in [6.07, 6.45) is 0. The van der Waals surface area contributed by atoms with Crippen molar-refractivity contribution in [2.75, 3.05) is 45.4 Å². The smallest absolute Gasteiger partial charge is 0.226 e. The summed E-state index contributed by atoms with van der Waals surface area (Å²) in [7, 11) is 0. The monoisotopic (exact) mass is 271 g/mol. The molecule has 2 N–H and O–H groups in total. The molecular formula is C12H21N3O4. The molecule has 0 unspecified atom stereocenters. The van der Waals surface area contributed by atoms with Crippen LogP contribution in [0.1, 0.15) is 13.8 Å². The SMILES string of the molecule is CCOCCOc1cc(OCCOCC)nc(N)n1. The van der Waals surface area contributed by atoms with Crippen molar-refractivity contribution in [3.8, 4) is 11.8 Å². The second-order valence-corrected chi connectivity index (χ2v) is 3.49. The van der Waals surface area contributed by atoms with Crippen LogP contribution in [0.2, 0.25) is 0 Å². The van der Waals surface area contributed by atoms with Crippen molar-refractivity contribution in [1.29, 1.82) is 0 Å². The van der Waals surface area contributed by atoms with Crippen LogP contribution >= 0.6 is 0 Å². The molecule has 0 fully saturated rings. The van der Waals surface area contributed by atoms with Gasteiger partial charge in [0.15, 0.2) is 0 Å². The highest BCUT2D eigenvalue weighted by Gasteiger charge is 2.04. The van der Waals surface area contributed by atoms with Gasteiger partial charge in [-0.1, -0.05) is 0 Å². The summed E-state index contributed by atoms with van der Waals surface area (Å²) in [5.74, 6) is 0.859. The van der Waals surface area contributed by atoms with Crippen LogP contribution in [0.25, 0.3) is 0 Å². The lowest BCUT2D eigenvalue weighted by Gasteiger charge is -2.09. The van der Waals surface area contributed by atoms with Gasteiger partial charge in [-0.15, -0.1) is 0 Å². The number of ether oxygens (including phenoxy) is 4. The molecule has 0 aromatic carbocycles. The van der Waals surface area contributed by atoms with Crippen LogP contribution < -0.4 is 15.2 Å². The Kier molecular flexibility index (Phi) is 7.60. The molecule has 108 valence electrons. The van der Waals surface area contributed by atoms with E-state index < -0.39 is 0 Å². The fraction of sp³-hybridized carbons (Fsp3) is 0.667. The van der Waals surface area contributed by atoms with Crippen molar-refractivity contribution in [3.05, 3.63) is 6.07 Å². The molecule has 0 aliphatic rings. The second-order valence-electron chi connectivity index (χ2n) is 3.49. The number of rotatable bonds is 10. The molecule has 1 rings (SSSR count). The van der Waals surface area contributed by atoms with E-state index in [0.29, 0.717) is 51.4 Å². The summed E-state index contributed by atoms with van der Waals surface area (Å²) in [6, 6.07) is 1.59. The fourth-order valence-electron chi connectivity index (χ4n) is 1.27. The Balaban J connectivity index is 2.41. The Bertz CT molecular complexity index is 333. The molecule has 0 aliphatic carbocycles. The lowest BCUT2D eigenvalue weighted by molar-refractivity contribution is 0.105.